The molecule has 1 amide bonds. The molecule has 0 radical (unpaired) electrons. The number of hydrogen-bond acceptors (Lipinski definition) is 9. The maximum atomic E-state index is 14.1. The van der Waals surface area contributed by atoms with Crippen molar-refractivity contribution >= 4 is 15.7 Å². The molecule has 3 aromatic carbocycles. The monoisotopic (exact) mass is 591 g/mol. The molecule has 0 saturated heterocycles. The fourth-order valence-electron chi connectivity index (χ4n) is 4.23. The van der Waals surface area contributed by atoms with Crippen LogP contribution >= 0.6 is 0 Å². The van der Waals surface area contributed by atoms with Crippen LogP contribution in [0.15, 0.2) is 71.6 Å². The van der Waals surface area contributed by atoms with Crippen molar-refractivity contribution in [3.63, 3.8) is 0 Å². The molecule has 2 N–H and O–H groups in total. The maximum absolute atomic E-state index is 14.1. The van der Waals surface area contributed by atoms with E-state index in [1.807, 2.05) is 0 Å². The van der Waals surface area contributed by atoms with Crippen LogP contribution in [0.2, 0.25) is 0 Å². The van der Waals surface area contributed by atoms with Crippen molar-refractivity contribution in [2.24, 2.45) is 5.92 Å². The maximum Gasteiger partial charge on any atom is 0.248 e. The summed E-state index contributed by atoms with van der Waals surface area (Å²) in [6.07, 6.45) is -0.0177. The first kappa shape index (κ1) is 31.8. The Morgan fingerprint density at radius 2 is 1.59 bits per heavy atom. The summed E-state index contributed by atoms with van der Waals surface area (Å²) in [5, 5.41) is 8.12. The van der Waals surface area contributed by atoms with Gasteiger partial charge in [0, 0.05) is 19.8 Å². The van der Waals surface area contributed by atoms with Crippen molar-refractivity contribution in [2.45, 2.75) is 23.2 Å². The van der Waals surface area contributed by atoms with E-state index < -0.39 is 26.9 Å². The van der Waals surface area contributed by atoms with Gasteiger partial charge in [0.1, 0.15) is 23.4 Å². The van der Waals surface area contributed by atoms with Crippen molar-refractivity contribution in [3.05, 3.63) is 83.7 Å². The lowest BCUT2D eigenvalue weighted by Gasteiger charge is -2.26. The van der Waals surface area contributed by atoms with Crippen LogP contribution in [0, 0.1) is 11.7 Å². The Kier molecular flexibility index (Phi) is 11.9. The van der Waals surface area contributed by atoms with Gasteiger partial charge in [0.15, 0.2) is 21.3 Å². The van der Waals surface area contributed by atoms with Gasteiger partial charge in [-0.15, -0.1) is 0 Å². The van der Waals surface area contributed by atoms with E-state index >= 15 is 0 Å². The second-order valence-electron chi connectivity index (χ2n) is 8.94. The number of carbonyl (C=O) groups is 1. The molecule has 2 atom stereocenters. The molecular formula is C29H34FNO9S. The number of ether oxygens (including phenoxy) is 5. The minimum atomic E-state index is -4.25. The summed E-state index contributed by atoms with van der Waals surface area (Å²) in [6.45, 7) is 0.778. The Morgan fingerprint density at radius 3 is 2.20 bits per heavy atom. The van der Waals surface area contributed by atoms with Gasteiger partial charge in [-0.3, -0.25) is 10.0 Å². The van der Waals surface area contributed by atoms with E-state index in [1.54, 1.807) is 41.9 Å². The molecule has 12 heteroatoms. The van der Waals surface area contributed by atoms with E-state index in [4.69, 9.17) is 23.7 Å². The zero-order valence-corrected chi connectivity index (χ0v) is 23.9. The first-order valence-corrected chi connectivity index (χ1v) is 14.2. The highest BCUT2D eigenvalue weighted by Crippen LogP contribution is 2.40. The molecule has 222 valence electrons. The highest BCUT2D eigenvalue weighted by Gasteiger charge is 2.40. The fraction of sp³-hybridized carbons (Fsp3) is 0.345. The van der Waals surface area contributed by atoms with Crippen LogP contribution in [0.1, 0.15) is 22.8 Å². The van der Waals surface area contributed by atoms with E-state index in [9.17, 15) is 22.8 Å². The van der Waals surface area contributed by atoms with Crippen LogP contribution in [-0.4, -0.2) is 60.7 Å². The number of hydroxylamine groups is 1. The van der Waals surface area contributed by atoms with Crippen LogP contribution in [0.25, 0.3) is 0 Å². The van der Waals surface area contributed by atoms with Gasteiger partial charge in [-0.25, -0.2) is 18.3 Å². The normalized spacial score (nSPS) is 12.8. The average molecular weight is 592 g/mol. The predicted molar refractivity (Wildman–Crippen MR) is 147 cm³/mol. The molecule has 41 heavy (non-hydrogen) atoms. The number of nitrogens with one attached hydrogen (secondary N) is 1. The van der Waals surface area contributed by atoms with Gasteiger partial charge in [-0.1, -0.05) is 24.3 Å². The predicted octanol–water partition coefficient (Wildman–Crippen LogP) is 4.11. The number of sulfone groups is 1. The zero-order valence-electron chi connectivity index (χ0n) is 23.0. The number of amides is 1. The van der Waals surface area contributed by atoms with E-state index in [-0.39, 0.29) is 42.7 Å². The van der Waals surface area contributed by atoms with Crippen LogP contribution in [0.3, 0.4) is 0 Å². The van der Waals surface area contributed by atoms with Crippen molar-refractivity contribution in [1.82, 2.24) is 5.48 Å². The lowest BCUT2D eigenvalue weighted by atomic mass is 9.95. The van der Waals surface area contributed by atoms with Gasteiger partial charge >= 0.3 is 0 Å². The Labute approximate surface area is 238 Å². The van der Waals surface area contributed by atoms with Gasteiger partial charge in [0.25, 0.3) is 0 Å². The summed E-state index contributed by atoms with van der Waals surface area (Å²) in [4.78, 5) is 12.8. The zero-order chi connectivity index (χ0) is 29.8. The van der Waals surface area contributed by atoms with E-state index in [0.29, 0.717) is 23.7 Å². The summed E-state index contributed by atoms with van der Waals surface area (Å²) in [5.74, 6) is -1.50. The van der Waals surface area contributed by atoms with Gasteiger partial charge in [-0.05, 0) is 53.9 Å². The van der Waals surface area contributed by atoms with Crippen molar-refractivity contribution in [1.29, 1.82) is 0 Å². The SMILES string of the molecule is COCCOCCC(C(=O)NO)C(c1ccc(OCc2ccc(F)cc2)cc1)S(=O)(=O)c1ccc(OC)c(OC)c1. The number of rotatable bonds is 16. The smallest absolute Gasteiger partial charge is 0.248 e. The molecule has 0 heterocycles. The summed E-state index contributed by atoms with van der Waals surface area (Å²) in [6, 6.07) is 16.3. The van der Waals surface area contributed by atoms with Gasteiger partial charge in [0.05, 0.1) is 38.2 Å². The third-order valence-corrected chi connectivity index (χ3v) is 8.54. The van der Waals surface area contributed by atoms with Crippen molar-refractivity contribution < 1.29 is 46.5 Å². The third kappa shape index (κ3) is 8.40. The second kappa shape index (κ2) is 15.3. The number of benzene rings is 3. The van der Waals surface area contributed by atoms with Gasteiger partial charge < -0.3 is 23.7 Å². The van der Waals surface area contributed by atoms with E-state index in [0.717, 1.165) is 5.56 Å². The molecule has 0 fully saturated rings. The molecule has 0 spiro atoms. The van der Waals surface area contributed by atoms with Crippen LogP contribution < -0.4 is 19.7 Å². The van der Waals surface area contributed by atoms with Crippen LogP contribution in [0.4, 0.5) is 4.39 Å². The standard InChI is InChI=1S/C29H34FNO9S/c1-36-16-17-39-15-14-25(29(32)31-33)28(41(34,35)24-12-13-26(37-2)27(18-24)38-3)21-6-10-23(11-7-21)40-19-20-4-8-22(30)9-5-20/h4-13,18,25,28,33H,14-17,19H2,1-3H3,(H,31,32). The minimum Gasteiger partial charge on any atom is -0.493 e. The average Bonchev–Trinajstić information content (AvgIpc) is 2.99. The lowest BCUT2D eigenvalue weighted by molar-refractivity contribution is -0.134. The van der Waals surface area contributed by atoms with E-state index in [2.05, 4.69) is 0 Å². The highest BCUT2D eigenvalue weighted by molar-refractivity contribution is 7.91. The van der Waals surface area contributed by atoms with Crippen molar-refractivity contribution in [2.75, 3.05) is 41.2 Å². The second-order valence-corrected chi connectivity index (χ2v) is 11.0. The molecular weight excluding hydrogens is 557 g/mol. The fourth-order valence-corrected chi connectivity index (χ4v) is 6.26. The quantitative estimate of drug-likeness (QED) is 0.144. The first-order valence-electron chi connectivity index (χ1n) is 12.7. The van der Waals surface area contributed by atoms with Crippen LogP contribution in [-0.2, 0) is 30.7 Å². The Bertz CT molecular complexity index is 1370. The summed E-state index contributed by atoms with van der Waals surface area (Å²) in [7, 11) is 0.0833. The largest absolute Gasteiger partial charge is 0.493 e. The molecule has 0 bridgehead atoms. The number of halogens is 1. The summed E-state index contributed by atoms with van der Waals surface area (Å²) < 4.78 is 68.2. The van der Waals surface area contributed by atoms with Crippen LogP contribution in [0.5, 0.6) is 17.2 Å². The first-order chi connectivity index (χ1) is 19.7. The van der Waals surface area contributed by atoms with E-state index in [1.165, 1.54) is 51.7 Å². The molecule has 3 rings (SSSR count). The minimum absolute atomic E-state index is 0.0177. The number of methoxy groups -OCH3 is 3. The molecule has 0 aromatic heterocycles. The van der Waals surface area contributed by atoms with Crippen molar-refractivity contribution in [3.8, 4) is 17.2 Å². The lowest BCUT2D eigenvalue weighted by Crippen LogP contribution is -2.36. The van der Waals surface area contributed by atoms with Gasteiger partial charge in [-0.2, -0.15) is 0 Å². The molecule has 0 aliphatic heterocycles. The topological polar surface area (TPSA) is 130 Å². The third-order valence-electron chi connectivity index (χ3n) is 6.36. The molecule has 2 unspecified atom stereocenters. The molecule has 0 aliphatic rings. The Hall–Kier alpha value is -3.71. The Balaban J connectivity index is 1.98. The molecule has 3 aromatic rings. The number of hydrogen-bond donors (Lipinski definition) is 2. The summed E-state index contributed by atoms with van der Waals surface area (Å²) >= 11 is 0. The molecule has 0 saturated carbocycles. The highest BCUT2D eigenvalue weighted by atomic mass is 32.2. The number of carbonyl (C=O) groups excluding carboxylic acids is 1. The molecule has 0 aliphatic carbocycles. The summed E-state index contributed by atoms with van der Waals surface area (Å²) in [5.41, 5.74) is 2.64. The Morgan fingerprint density at radius 1 is 0.902 bits per heavy atom. The molecule has 10 nitrogen and oxygen atoms in total. The van der Waals surface area contributed by atoms with Gasteiger partial charge in [0.2, 0.25) is 5.91 Å².